The Bertz CT molecular complexity index is 539. The molecule has 1 unspecified atom stereocenters. The first-order valence-corrected chi connectivity index (χ1v) is 7.68. The van der Waals surface area contributed by atoms with Crippen LogP contribution in [-0.2, 0) is 22.7 Å². The molecule has 1 fully saturated rings. The van der Waals surface area contributed by atoms with Crippen LogP contribution in [0.1, 0.15) is 30.8 Å². The minimum atomic E-state index is -0.387. The number of hydroxylamine groups is 1. The van der Waals surface area contributed by atoms with Crippen molar-refractivity contribution < 1.29 is 23.2 Å². The van der Waals surface area contributed by atoms with Crippen LogP contribution < -0.4 is 5.48 Å². The van der Waals surface area contributed by atoms with E-state index in [1.54, 1.807) is 29.6 Å². The van der Waals surface area contributed by atoms with Crippen LogP contribution in [0.2, 0.25) is 0 Å². The van der Waals surface area contributed by atoms with E-state index in [4.69, 9.17) is 18.4 Å². The Morgan fingerprint density at radius 1 is 1.17 bits per heavy atom. The third-order valence-corrected chi connectivity index (χ3v) is 3.56. The molecule has 3 rings (SSSR count). The smallest absolute Gasteiger partial charge is 0.342 e. The molecule has 1 aliphatic rings. The molecule has 1 atom stereocenters. The molecule has 0 bridgehead atoms. The summed E-state index contributed by atoms with van der Waals surface area (Å²) in [6, 6.07) is 6.82. The van der Waals surface area contributed by atoms with Gasteiger partial charge in [0.1, 0.15) is 11.5 Å². The van der Waals surface area contributed by atoms with E-state index in [1.165, 1.54) is 0 Å². The Kier molecular flexibility index (Phi) is 5.33. The fourth-order valence-corrected chi connectivity index (χ4v) is 2.37. The highest BCUT2D eigenvalue weighted by atomic mass is 16.8. The molecule has 0 radical (unpaired) electrons. The van der Waals surface area contributed by atoms with Gasteiger partial charge >= 0.3 is 6.03 Å². The molecule has 124 valence electrons. The van der Waals surface area contributed by atoms with E-state index >= 15 is 0 Å². The number of furan rings is 2. The van der Waals surface area contributed by atoms with Crippen molar-refractivity contribution in [3.63, 3.8) is 0 Å². The van der Waals surface area contributed by atoms with Gasteiger partial charge in [-0.3, -0.25) is 0 Å². The van der Waals surface area contributed by atoms with Crippen molar-refractivity contribution in [3.8, 4) is 0 Å². The van der Waals surface area contributed by atoms with Gasteiger partial charge in [-0.15, -0.1) is 0 Å². The van der Waals surface area contributed by atoms with Crippen LogP contribution in [0.3, 0.4) is 0 Å². The second-order valence-electron chi connectivity index (χ2n) is 5.34. The van der Waals surface area contributed by atoms with Crippen LogP contribution in [0.5, 0.6) is 0 Å². The summed E-state index contributed by atoms with van der Waals surface area (Å²) in [7, 11) is 0. The summed E-state index contributed by atoms with van der Waals surface area (Å²) in [5.41, 5.74) is 2.46. The van der Waals surface area contributed by atoms with E-state index in [-0.39, 0.29) is 12.3 Å². The van der Waals surface area contributed by atoms with E-state index in [0.29, 0.717) is 31.2 Å². The molecule has 1 N–H and O–H groups in total. The Morgan fingerprint density at radius 3 is 2.39 bits per heavy atom. The molecule has 7 nitrogen and oxygen atoms in total. The minimum absolute atomic E-state index is 0.314. The zero-order valence-electron chi connectivity index (χ0n) is 12.8. The van der Waals surface area contributed by atoms with Crippen molar-refractivity contribution in [3.05, 3.63) is 48.3 Å². The highest BCUT2D eigenvalue weighted by Gasteiger charge is 2.20. The zero-order valence-corrected chi connectivity index (χ0v) is 12.8. The van der Waals surface area contributed by atoms with Gasteiger partial charge in [-0.25, -0.2) is 15.1 Å². The van der Waals surface area contributed by atoms with Gasteiger partial charge in [0.25, 0.3) is 0 Å². The lowest BCUT2D eigenvalue weighted by Gasteiger charge is -2.25. The number of ether oxygens (including phenoxy) is 1. The molecular formula is C16H20N2O5. The van der Waals surface area contributed by atoms with E-state index in [9.17, 15) is 4.79 Å². The van der Waals surface area contributed by atoms with Crippen molar-refractivity contribution in [2.75, 3.05) is 6.61 Å². The predicted molar refractivity (Wildman–Crippen MR) is 79.9 cm³/mol. The van der Waals surface area contributed by atoms with Crippen molar-refractivity contribution >= 4 is 6.03 Å². The van der Waals surface area contributed by atoms with Crippen LogP contribution in [0.15, 0.2) is 45.6 Å². The summed E-state index contributed by atoms with van der Waals surface area (Å²) < 4.78 is 16.0. The summed E-state index contributed by atoms with van der Waals surface area (Å²) >= 11 is 0. The van der Waals surface area contributed by atoms with Crippen LogP contribution in [0, 0.1) is 0 Å². The first-order valence-electron chi connectivity index (χ1n) is 7.68. The molecule has 1 aliphatic heterocycles. The predicted octanol–water partition coefficient (Wildman–Crippen LogP) is 3.04. The number of amides is 2. The molecule has 23 heavy (non-hydrogen) atoms. The molecule has 2 amide bonds. The second-order valence-corrected chi connectivity index (χ2v) is 5.34. The van der Waals surface area contributed by atoms with Gasteiger partial charge in [0.05, 0.1) is 25.6 Å². The topological polar surface area (TPSA) is 77.1 Å². The van der Waals surface area contributed by atoms with Gasteiger partial charge in [0.15, 0.2) is 6.29 Å². The van der Waals surface area contributed by atoms with Crippen LogP contribution in [0.4, 0.5) is 4.79 Å². The Balaban J connectivity index is 1.57. The quantitative estimate of drug-likeness (QED) is 0.828. The van der Waals surface area contributed by atoms with E-state index in [1.807, 2.05) is 12.1 Å². The molecule has 1 saturated heterocycles. The van der Waals surface area contributed by atoms with E-state index in [0.717, 1.165) is 19.3 Å². The molecule has 2 aromatic heterocycles. The summed E-state index contributed by atoms with van der Waals surface area (Å²) in [5.74, 6) is 1.36. The fraction of sp³-hybridized carbons (Fsp3) is 0.438. The summed E-state index contributed by atoms with van der Waals surface area (Å²) in [6.07, 6.45) is 5.59. The van der Waals surface area contributed by atoms with Gasteiger partial charge in [-0.05, 0) is 37.1 Å². The number of rotatable bonds is 6. The van der Waals surface area contributed by atoms with Crippen LogP contribution >= 0.6 is 0 Å². The lowest BCUT2D eigenvalue weighted by Crippen LogP contribution is -2.41. The first kappa shape index (κ1) is 15.6. The summed E-state index contributed by atoms with van der Waals surface area (Å²) in [4.78, 5) is 19.3. The number of nitrogens with zero attached hydrogens (tertiary/aromatic N) is 1. The Labute approximate surface area is 134 Å². The maximum atomic E-state index is 12.4. The van der Waals surface area contributed by atoms with Crippen molar-refractivity contribution in [2.24, 2.45) is 0 Å². The highest BCUT2D eigenvalue weighted by molar-refractivity contribution is 5.72. The standard InChI is InChI=1S/C16H20N2O5/c19-16(17-23-15-7-1-2-8-22-15)18(11-13-5-3-9-20-13)12-14-6-4-10-21-14/h3-6,9-10,15H,1-2,7-8,11-12H2,(H,17,19). The molecule has 0 aromatic carbocycles. The summed E-state index contributed by atoms with van der Waals surface area (Å²) in [6.45, 7) is 1.28. The van der Waals surface area contributed by atoms with Crippen molar-refractivity contribution in [1.82, 2.24) is 10.4 Å². The molecule has 2 aromatic rings. The van der Waals surface area contributed by atoms with Crippen LogP contribution in [0.25, 0.3) is 0 Å². The third-order valence-electron chi connectivity index (χ3n) is 3.56. The Morgan fingerprint density at radius 2 is 1.87 bits per heavy atom. The van der Waals surface area contributed by atoms with Crippen molar-refractivity contribution in [1.29, 1.82) is 0 Å². The Hall–Kier alpha value is -2.25. The van der Waals surface area contributed by atoms with E-state index in [2.05, 4.69) is 5.48 Å². The number of nitrogens with one attached hydrogen (secondary N) is 1. The lowest BCUT2D eigenvalue weighted by atomic mass is 10.2. The molecule has 0 aliphatic carbocycles. The van der Waals surface area contributed by atoms with Gasteiger partial charge in [-0.1, -0.05) is 0 Å². The largest absolute Gasteiger partial charge is 0.467 e. The van der Waals surface area contributed by atoms with Gasteiger partial charge in [-0.2, -0.15) is 0 Å². The second kappa shape index (κ2) is 7.85. The maximum Gasteiger partial charge on any atom is 0.342 e. The lowest BCUT2D eigenvalue weighted by molar-refractivity contribution is -0.187. The van der Waals surface area contributed by atoms with Gasteiger partial charge in [0.2, 0.25) is 0 Å². The normalized spacial score (nSPS) is 17.8. The summed E-state index contributed by atoms with van der Waals surface area (Å²) in [5, 5.41) is 0. The molecule has 7 heteroatoms. The van der Waals surface area contributed by atoms with E-state index < -0.39 is 0 Å². The third kappa shape index (κ3) is 4.61. The highest BCUT2D eigenvalue weighted by Crippen LogP contribution is 2.14. The molecule has 0 spiro atoms. The number of hydrogen-bond acceptors (Lipinski definition) is 5. The molecular weight excluding hydrogens is 300 g/mol. The molecule has 0 saturated carbocycles. The number of carbonyl (C=O) groups excluding carboxylic acids is 1. The van der Waals surface area contributed by atoms with Gasteiger partial charge in [0, 0.05) is 13.0 Å². The van der Waals surface area contributed by atoms with Gasteiger partial charge < -0.3 is 18.5 Å². The van der Waals surface area contributed by atoms with Crippen LogP contribution in [-0.4, -0.2) is 23.8 Å². The molecule has 3 heterocycles. The number of hydrogen-bond donors (Lipinski definition) is 1. The monoisotopic (exact) mass is 320 g/mol. The average Bonchev–Trinajstić information content (AvgIpc) is 3.27. The first-order chi connectivity index (χ1) is 11.3. The number of carbonyl (C=O) groups is 1. The minimum Gasteiger partial charge on any atom is -0.467 e. The fourth-order valence-electron chi connectivity index (χ4n) is 2.37. The zero-order chi connectivity index (χ0) is 15.9. The van der Waals surface area contributed by atoms with Crippen molar-refractivity contribution in [2.45, 2.75) is 38.6 Å². The average molecular weight is 320 g/mol. The SMILES string of the molecule is O=C(NOC1CCCCO1)N(Cc1ccco1)Cc1ccco1. The maximum absolute atomic E-state index is 12.4. The number of urea groups is 1.